The number of nitrogens with one attached hydrogen (secondary N) is 2. The molecule has 0 radical (unpaired) electrons. The highest BCUT2D eigenvalue weighted by atomic mass is 19.1. The van der Waals surface area contributed by atoms with E-state index in [-0.39, 0.29) is 11.7 Å². The van der Waals surface area contributed by atoms with E-state index in [1.165, 1.54) is 12.1 Å². The zero-order chi connectivity index (χ0) is 16.5. The lowest BCUT2D eigenvalue weighted by Gasteiger charge is -2.15. The summed E-state index contributed by atoms with van der Waals surface area (Å²) in [6.07, 6.45) is 5.36. The van der Waals surface area contributed by atoms with Crippen LogP contribution in [0.2, 0.25) is 0 Å². The van der Waals surface area contributed by atoms with E-state index >= 15 is 0 Å². The summed E-state index contributed by atoms with van der Waals surface area (Å²) in [6.45, 7) is 1.31. The molecule has 24 heavy (non-hydrogen) atoms. The molecule has 0 spiro atoms. The van der Waals surface area contributed by atoms with E-state index < -0.39 is 0 Å². The number of aromatic amines is 1. The monoisotopic (exact) mass is 327 g/mol. The molecule has 0 aliphatic carbocycles. The molecule has 0 unspecified atom stereocenters. The van der Waals surface area contributed by atoms with Gasteiger partial charge in [0.15, 0.2) is 0 Å². The van der Waals surface area contributed by atoms with Crippen LogP contribution in [0.1, 0.15) is 35.0 Å². The summed E-state index contributed by atoms with van der Waals surface area (Å²) in [4.78, 5) is 24.1. The molecule has 0 bridgehead atoms. The van der Waals surface area contributed by atoms with Gasteiger partial charge in [0, 0.05) is 25.9 Å². The first-order valence-electron chi connectivity index (χ1n) is 8.17. The molecule has 3 aromatic rings. The van der Waals surface area contributed by atoms with Gasteiger partial charge < -0.3 is 14.9 Å². The molecule has 0 saturated heterocycles. The van der Waals surface area contributed by atoms with E-state index in [1.807, 2.05) is 4.57 Å². The first-order valence-corrected chi connectivity index (χ1v) is 8.17. The van der Waals surface area contributed by atoms with Gasteiger partial charge in [-0.2, -0.15) is 0 Å². The number of aromatic nitrogens is 4. The molecule has 6 nitrogen and oxygen atoms in total. The van der Waals surface area contributed by atoms with Crippen molar-refractivity contribution in [2.45, 2.75) is 32.2 Å². The minimum absolute atomic E-state index is 0.113. The van der Waals surface area contributed by atoms with Crippen LogP contribution >= 0.6 is 0 Å². The number of imidazole rings is 2. The molecule has 0 atom stereocenters. The highest BCUT2D eigenvalue weighted by Crippen LogP contribution is 2.16. The average molecular weight is 327 g/mol. The Morgan fingerprint density at radius 2 is 2.29 bits per heavy atom. The molecule has 1 aliphatic heterocycles. The van der Waals surface area contributed by atoms with Gasteiger partial charge in [0.05, 0.1) is 17.2 Å². The molecule has 1 amide bonds. The Labute approximate surface area is 138 Å². The number of benzene rings is 1. The Morgan fingerprint density at radius 3 is 3.21 bits per heavy atom. The van der Waals surface area contributed by atoms with Crippen molar-refractivity contribution in [1.82, 2.24) is 24.8 Å². The normalized spacial score (nSPS) is 13.9. The molecular formula is C17H18FN5O. The summed E-state index contributed by atoms with van der Waals surface area (Å²) in [5.74, 6) is 1.31. The number of carbonyl (C=O) groups is 1. The summed E-state index contributed by atoms with van der Waals surface area (Å²) in [5, 5.41) is 2.91. The van der Waals surface area contributed by atoms with Gasteiger partial charge in [0.1, 0.15) is 23.2 Å². The summed E-state index contributed by atoms with van der Waals surface area (Å²) in [7, 11) is 0. The first kappa shape index (κ1) is 14.9. The number of carbonyl (C=O) groups excluding carboxylic acids is 1. The zero-order valence-corrected chi connectivity index (χ0v) is 13.2. The molecule has 3 heterocycles. The maximum absolute atomic E-state index is 13.2. The van der Waals surface area contributed by atoms with E-state index in [9.17, 15) is 9.18 Å². The second kappa shape index (κ2) is 6.07. The minimum atomic E-state index is -0.295. The molecule has 7 heteroatoms. The van der Waals surface area contributed by atoms with Gasteiger partial charge in [-0.05, 0) is 31.0 Å². The standard InChI is InChI=1S/C17H18FN5O/c18-11-4-5-12-13(9-11)22-15(21-12)6-7-19-17(24)14-10-20-16-3-1-2-8-23(14)16/h4-5,9-10H,1-3,6-8H2,(H,19,24)(H,21,22). The second-order valence-electron chi connectivity index (χ2n) is 6.02. The van der Waals surface area contributed by atoms with Crippen LogP contribution in [0.4, 0.5) is 4.39 Å². The van der Waals surface area contributed by atoms with Crippen LogP contribution < -0.4 is 5.32 Å². The summed E-state index contributed by atoms with van der Waals surface area (Å²) in [6, 6.07) is 4.45. The predicted octanol–water partition coefficient (Wildman–Crippen LogP) is 2.21. The Morgan fingerprint density at radius 1 is 1.38 bits per heavy atom. The summed E-state index contributed by atoms with van der Waals surface area (Å²) >= 11 is 0. The number of nitrogens with zero attached hydrogens (tertiary/aromatic N) is 3. The SMILES string of the molecule is O=C(NCCc1nc2ccc(F)cc2[nH]1)c1cnc2n1CCCC2. The minimum Gasteiger partial charge on any atom is -0.350 e. The third-order valence-corrected chi connectivity index (χ3v) is 4.34. The van der Waals surface area contributed by atoms with Crippen molar-refractivity contribution in [1.29, 1.82) is 0 Å². The van der Waals surface area contributed by atoms with E-state index in [0.717, 1.165) is 43.0 Å². The Balaban J connectivity index is 1.39. The third kappa shape index (κ3) is 2.77. The molecule has 4 rings (SSSR count). The number of amides is 1. The van der Waals surface area contributed by atoms with Crippen LogP contribution in [-0.4, -0.2) is 32.0 Å². The zero-order valence-electron chi connectivity index (χ0n) is 13.2. The van der Waals surface area contributed by atoms with Gasteiger partial charge in [-0.1, -0.05) is 0 Å². The van der Waals surface area contributed by atoms with Crippen molar-refractivity contribution in [2.75, 3.05) is 6.54 Å². The lowest BCUT2D eigenvalue weighted by molar-refractivity contribution is 0.0943. The van der Waals surface area contributed by atoms with Crippen molar-refractivity contribution in [3.63, 3.8) is 0 Å². The van der Waals surface area contributed by atoms with Gasteiger partial charge in [-0.25, -0.2) is 14.4 Å². The smallest absolute Gasteiger partial charge is 0.269 e. The third-order valence-electron chi connectivity index (χ3n) is 4.34. The lowest BCUT2D eigenvalue weighted by Crippen LogP contribution is -2.29. The predicted molar refractivity (Wildman–Crippen MR) is 87.3 cm³/mol. The van der Waals surface area contributed by atoms with Crippen molar-refractivity contribution < 1.29 is 9.18 Å². The van der Waals surface area contributed by atoms with E-state index in [2.05, 4.69) is 20.3 Å². The number of halogens is 1. The number of hydrogen-bond donors (Lipinski definition) is 2. The second-order valence-corrected chi connectivity index (χ2v) is 6.02. The van der Waals surface area contributed by atoms with E-state index in [4.69, 9.17) is 0 Å². The van der Waals surface area contributed by atoms with Crippen LogP contribution in [0.3, 0.4) is 0 Å². The quantitative estimate of drug-likeness (QED) is 0.771. The lowest BCUT2D eigenvalue weighted by atomic mass is 10.1. The number of H-pyrrole nitrogens is 1. The molecular weight excluding hydrogens is 309 g/mol. The highest BCUT2D eigenvalue weighted by molar-refractivity contribution is 5.92. The van der Waals surface area contributed by atoms with Gasteiger partial charge in [0.25, 0.3) is 5.91 Å². The van der Waals surface area contributed by atoms with E-state index in [1.54, 1.807) is 12.3 Å². The van der Waals surface area contributed by atoms with Crippen molar-refractivity contribution in [3.05, 3.63) is 47.6 Å². The number of hydrogen-bond acceptors (Lipinski definition) is 3. The fourth-order valence-corrected chi connectivity index (χ4v) is 3.14. The summed E-state index contributed by atoms with van der Waals surface area (Å²) < 4.78 is 15.2. The fraction of sp³-hybridized carbons (Fsp3) is 0.353. The van der Waals surface area contributed by atoms with Gasteiger partial charge in [-0.3, -0.25) is 4.79 Å². The maximum Gasteiger partial charge on any atom is 0.269 e. The molecule has 2 N–H and O–H groups in total. The van der Waals surface area contributed by atoms with Crippen molar-refractivity contribution >= 4 is 16.9 Å². The summed E-state index contributed by atoms with van der Waals surface area (Å²) in [5.41, 5.74) is 2.01. The van der Waals surface area contributed by atoms with Gasteiger partial charge in [0.2, 0.25) is 0 Å². The Kier molecular flexibility index (Phi) is 3.76. The molecule has 124 valence electrons. The maximum atomic E-state index is 13.2. The largest absolute Gasteiger partial charge is 0.350 e. The fourth-order valence-electron chi connectivity index (χ4n) is 3.14. The van der Waals surface area contributed by atoms with Gasteiger partial charge >= 0.3 is 0 Å². The Hall–Kier alpha value is -2.70. The first-order chi connectivity index (χ1) is 11.7. The number of aryl methyl sites for hydroxylation is 1. The van der Waals surface area contributed by atoms with Crippen molar-refractivity contribution in [2.24, 2.45) is 0 Å². The van der Waals surface area contributed by atoms with Crippen LogP contribution in [0, 0.1) is 5.82 Å². The van der Waals surface area contributed by atoms with Crippen molar-refractivity contribution in [3.8, 4) is 0 Å². The van der Waals surface area contributed by atoms with Crippen LogP contribution in [0.5, 0.6) is 0 Å². The van der Waals surface area contributed by atoms with E-state index in [0.29, 0.717) is 24.2 Å². The molecule has 0 saturated carbocycles. The molecule has 2 aromatic heterocycles. The Bertz CT molecular complexity index is 898. The highest BCUT2D eigenvalue weighted by Gasteiger charge is 2.18. The topological polar surface area (TPSA) is 75.6 Å². The van der Waals surface area contributed by atoms with Gasteiger partial charge in [-0.15, -0.1) is 0 Å². The molecule has 1 aromatic carbocycles. The number of fused-ring (bicyclic) bond motifs is 2. The average Bonchev–Trinajstić information content (AvgIpc) is 3.17. The number of rotatable bonds is 4. The molecule has 0 fully saturated rings. The van der Waals surface area contributed by atoms with Crippen LogP contribution in [-0.2, 0) is 19.4 Å². The van der Waals surface area contributed by atoms with Crippen LogP contribution in [0.25, 0.3) is 11.0 Å². The van der Waals surface area contributed by atoms with Crippen LogP contribution in [0.15, 0.2) is 24.4 Å². The molecule has 1 aliphatic rings.